The Morgan fingerprint density at radius 3 is 1.88 bits per heavy atom. The third kappa shape index (κ3) is 3.25. The molecule has 2 aromatic rings. The minimum Gasteiger partial charge on any atom is -1.00 e. The molecule has 1 unspecified atom stereocenters. The minimum absolute atomic E-state index is 0. The van der Waals surface area contributed by atoms with Gasteiger partial charge in [0.2, 0.25) is 0 Å². The van der Waals surface area contributed by atoms with Crippen LogP contribution in [0.3, 0.4) is 0 Å². The van der Waals surface area contributed by atoms with Crippen molar-refractivity contribution in [2.24, 2.45) is 16.7 Å². The van der Waals surface area contributed by atoms with Crippen molar-refractivity contribution in [3.63, 3.8) is 0 Å². The van der Waals surface area contributed by atoms with E-state index in [9.17, 15) is 0 Å². The first-order valence-electron chi connectivity index (χ1n) is 11.9. The van der Waals surface area contributed by atoms with E-state index in [0.717, 1.165) is 5.92 Å². The van der Waals surface area contributed by atoms with E-state index in [-0.39, 0.29) is 24.8 Å². The second-order valence-electron chi connectivity index (χ2n) is 10.9. The van der Waals surface area contributed by atoms with E-state index in [1.165, 1.54) is 43.2 Å². The smallest absolute Gasteiger partial charge is 1.00 e. The van der Waals surface area contributed by atoms with Gasteiger partial charge in [-0.1, -0.05) is 0 Å². The molecule has 7 rings (SSSR count). The summed E-state index contributed by atoms with van der Waals surface area (Å²) in [5.74, 6) is 0.721. The van der Waals surface area contributed by atoms with Gasteiger partial charge < -0.3 is 24.8 Å². The number of hydrogen-bond donors (Lipinski definition) is 0. The third-order valence-electron chi connectivity index (χ3n) is 8.24. The standard InChI is InChI=1S/C16H23.C13H9.2ClH.Zr/c1-11-10-12-14(15(2,3)4)13(11)16(12)8-6-5-7-9-16;1-3-7-12-10(5-1)9-11-6-2-4-8-13(11)12;;;/h11H,5-9H2,1-4H3;1-9H;2*1H;/q;;;;+2/p-2. The van der Waals surface area contributed by atoms with Gasteiger partial charge >= 0.3 is 194 Å². The zero-order chi connectivity index (χ0) is 20.7. The molecule has 5 aliphatic rings. The third-order valence-corrected chi connectivity index (χ3v) is 12.9. The van der Waals surface area contributed by atoms with E-state index < -0.39 is 23.2 Å². The van der Waals surface area contributed by atoms with Gasteiger partial charge in [-0.15, -0.1) is 0 Å². The summed E-state index contributed by atoms with van der Waals surface area (Å²) < 4.78 is 2.64. The summed E-state index contributed by atoms with van der Waals surface area (Å²) in [6.07, 6.45) is 7.18. The number of halogens is 2. The van der Waals surface area contributed by atoms with E-state index in [0.29, 0.717) is 14.5 Å². The number of hydrogen-bond acceptors (Lipinski definition) is 0. The zero-order valence-corrected chi connectivity index (χ0v) is 23.5. The first-order chi connectivity index (χ1) is 14.4. The predicted molar refractivity (Wildman–Crippen MR) is 122 cm³/mol. The molecule has 32 heavy (non-hydrogen) atoms. The van der Waals surface area contributed by atoms with Crippen LogP contribution in [-0.4, -0.2) is 0 Å². The Morgan fingerprint density at radius 2 is 1.34 bits per heavy atom. The van der Waals surface area contributed by atoms with Crippen LogP contribution in [0.5, 0.6) is 0 Å². The minimum atomic E-state index is -0.795. The monoisotopic (exact) mass is 540 g/mol. The summed E-state index contributed by atoms with van der Waals surface area (Å²) in [7, 11) is 0. The molecule has 0 nitrogen and oxygen atoms in total. The molecule has 0 heterocycles. The van der Waals surface area contributed by atoms with Crippen molar-refractivity contribution in [3.05, 3.63) is 79.7 Å². The Labute approximate surface area is 217 Å². The second kappa shape index (κ2) is 8.55. The maximum Gasteiger partial charge on any atom is -1.00 e. The van der Waals surface area contributed by atoms with Crippen LogP contribution in [0.15, 0.2) is 68.5 Å². The van der Waals surface area contributed by atoms with Crippen LogP contribution in [0.2, 0.25) is 0 Å². The maximum atomic E-state index is 2.57. The largest absolute Gasteiger partial charge is 1.00 e. The van der Waals surface area contributed by atoms with Gasteiger partial charge in [-0.3, -0.25) is 0 Å². The fourth-order valence-electron chi connectivity index (χ4n) is 7.19. The zero-order valence-electron chi connectivity index (χ0n) is 19.6. The van der Waals surface area contributed by atoms with Gasteiger partial charge in [0.15, 0.2) is 0 Å². The van der Waals surface area contributed by atoms with E-state index >= 15 is 0 Å². The van der Waals surface area contributed by atoms with Crippen molar-refractivity contribution in [3.8, 4) is 11.1 Å². The molecule has 0 saturated heterocycles. The van der Waals surface area contributed by atoms with Crippen LogP contribution in [0.4, 0.5) is 0 Å². The molecule has 1 saturated carbocycles. The fourth-order valence-corrected chi connectivity index (χ4v) is 12.2. The molecule has 1 fully saturated rings. The maximum absolute atomic E-state index is 2.57. The summed E-state index contributed by atoms with van der Waals surface area (Å²) >= 11 is -0.795. The van der Waals surface area contributed by atoms with Crippen molar-refractivity contribution in [2.75, 3.05) is 0 Å². The van der Waals surface area contributed by atoms with Gasteiger partial charge in [0.05, 0.1) is 0 Å². The first-order valence-corrected chi connectivity index (χ1v) is 14.5. The molecule has 166 valence electrons. The summed E-state index contributed by atoms with van der Waals surface area (Å²) in [6.45, 7) is 9.94. The van der Waals surface area contributed by atoms with E-state index in [1.807, 2.05) is 14.4 Å². The van der Waals surface area contributed by atoms with Gasteiger partial charge in [-0.25, -0.2) is 0 Å². The number of benzene rings is 2. The SMILES string of the molecule is CC1[C]([Zr+2][CH]2c3ccccc3-c3ccccc32)=C2C(C(C)(C)C)=C1C21CCCCC1.[Cl-].[Cl-]. The Bertz CT molecular complexity index is 1070. The molecular weight excluding hydrogens is 510 g/mol. The molecule has 2 bridgehead atoms. The van der Waals surface area contributed by atoms with E-state index in [1.54, 1.807) is 16.7 Å². The normalized spacial score (nSPS) is 22.6. The Morgan fingerprint density at radius 1 is 0.812 bits per heavy atom. The van der Waals surface area contributed by atoms with Gasteiger partial charge in [0.25, 0.3) is 0 Å². The summed E-state index contributed by atoms with van der Waals surface area (Å²) in [5, 5.41) is 0. The average Bonchev–Trinajstić information content (AvgIpc) is 3.30. The van der Waals surface area contributed by atoms with Crippen molar-refractivity contribution >= 4 is 0 Å². The molecule has 0 N–H and O–H groups in total. The summed E-state index contributed by atoms with van der Waals surface area (Å²) in [6, 6.07) is 18.5. The summed E-state index contributed by atoms with van der Waals surface area (Å²) in [5.41, 5.74) is 12.6. The van der Waals surface area contributed by atoms with Crippen molar-refractivity contribution in [1.29, 1.82) is 0 Å². The van der Waals surface area contributed by atoms with Gasteiger partial charge in [-0.2, -0.15) is 0 Å². The molecule has 2 aromatic carbocycles. The molecule has 0 radical (unpaired) electrons. The van der Waals surface area contributed by atoms with Crippen molar-refractivity contribution in [1.82, 2.24) is 0 Å². The fraction of sp³-hybridized carbons (Fsp3) is 0.448. The van der Waals surface area contributed by atoms with Crippen LogP contribution < -0.4 is 24.8 Å². The second-order valence-corrected chi connectivity index (χ2v) is 14.4. The molecule has 5 aliphatic carbocycles. The van der Waals surface area contributed by atoms with E-state index in [4.69, 9.17) is 0 Å². The molecule has 0 aromatic heterocycles. The van der Waals surface area contributed by atoms with Crippen LogP contribution in [-0.2, 0) is 23.2 Å². The summed E-state index contributed by atoms with van der Waals surface area (Å²) in [4.78, 5) is 0. The van der Waals surface area contributed by atoms with Crippen LogP contribution >= 0.6 is 0 Å². The van der Waals surface area contributed by atoms with Gasteiger partial charge in [-0.05, 0) is 0 Å². The molecule has 1 spiro atoms. The average molecular weight is 543 g/mol. The van der Waals surface area contributed by atoms with Crippen molar-refractivity contribution in [2.45, 2.75) is 63.4 Å². The molecule has 0 aliphatic heterocycles. The topological polar surface area (TPSA) is 0 Å². The van der Waals surface area contributed by atoms with Crippen LogP contribution in [0, 0.1) is 16.7 Å². The van der Waals surface area contributed by atoms with Crippen molar-refractivity contribution < 1.29 is 48.0 Å². The van der Waals surface area contributed by atoms with Crippen LogP contribution in [0.25, 0.3) is 11.1 Å². The molecule has 0 amide bonds. The Kier molecular flexibility index (Phi) is 6.55. The Hall–Kier alpha value is -0.617. The number of allylic oxidation sites excluding steroid dienone is 4. The molecule has 1 atom stereocenters. The van der Waals surface area contributed by atoms with Crippen LogP contribution in [0.1, 0.15) is 74.6 Å². The number of fused-ring (bicyclic) bond motifs is 4. The quantitative estimate of drug-likeness (QED) is 0.545. The molecular formula is C29H32Cl2Zr. The number of rotatable bonds is 2. The Balaban J connectivity index is 0.00000122. The molecule has 3 heteroatoms. The van der Waals surface area contributed by atoms with Gasteiger partial charge in [0, 0.05) is 0 Å². The van der Waals surface area contributed by atoms with Gasteiger partial charge in [0.1, 0.15) is 0 Å². The van der Waals surface area contributed by atoms with E-state index in [2.05, 4.69) is 76.2 Å². The first kappa shape index (κ1) is 24.5. The predicted octanol–water partition coefficient (Wildman–Crippen LogP) is 2.06.